The van der Waals surface area contributed by atoms with Crippen LogP contribution < -0.4 is 4.74 Å². The number of carbonyl (C=O) groups is 1. The summed E-state index contributed by atoms with van der Waals surface area (Å²) < 4.78 is 10.6. The topological polar surface area (TPSA) is 55.8 Å². The Bertz CT molecular complexity index is 828. The fraction of sp³-hybridized carbons (Fsp3) is 0.609. The van der Waals surface area contributed by atoms with E-state index in [4.69, 9.17) is 9.47 Å². The maximum atomic E-state index is 12.0. The molecule has 0 radical (unpaired) electrons. The van der Waals surface area contributed by atoms with Crippen LogP contribution in [0.3, 0.4) is 0 Å². The lowest BCUT2D eigenvalue weighted by molar-refractivity contribution is -0.147. The van der Waals surface area contributed by atoms with Gasteiger partial charge in [-0.1, -0.05) is 13.0 Å². The smallest absolute Gasteiger partial charge is 0.331 e. The quantitative estimate of drug-likeness (QED) is 0.808. The predicted octanol–water partition coefficient (Wildman–Crippen LogP) is 3.77. The van der Waals surface area contributed by atoms with E-state index in [-0.39, 0.29) is 17.3 Å². The molecule has 0 amide bonds. The molecule has 1 N–H and O–H groups in total. The first-order chi connectivity index (χ1) is 13.0. The highest BCUT2D eigenvalue weighted by Gasteiger charge is 2.64. The van der Waals surface area contributed by atoms with Crippen LogP contribution in [0.4, 0.5) is 0 Å². The fourth-order valence-electron chi connectivity index (χ4n) is 6.85. The van der Waals surface area contributed by atoms with E-state index in [0.717, 1.165) is 49.8 Å². The second-order valence-corrected chi connectivity index (χ2v) is 9.12. The molecule has 2 fully saturated rings. The van der Waals surface area contributed by atoms with Gasteiger partial charge < -0.3 is 14.6 Å². The van der Waals surface area contributed by atoms with Gasteiger partial charge in [0.05, 0.1) is 12.7 Å². The average Bonchev–Trinajstić information content (AvgIpc) is 3.21. The zero-order chi connectivity index (χ0) is 18.8. The number of fused-ring (bicyclic) bond motifs is 5. The molecule has 1 heterocycles. The summed E-state index contributed by atoms with van der Waals surface area (Å²) >= 11 is 0. The third-order valence-electron chi connectivity index (χ3n) is 8.25. The van der Waals surface area contributed by atoms with Gasteiger partial charge >= 0.3 is 5.97 Å². The first kappa shape index (κ1) is 17.3. The maximum Gasteiger partial charge on any atom is 0.331 e. The van der Waals surface area contributed by atoms with Crippen LogP contribution in [0.15, 0.2) is 29.8 Å². The molecule has 1 aliphatic heterocycles. The molecule has 0 saturated heterocycles. The normalized spacial score (nSPS) is 39.9. The standard InChI is InChI=1S/C23H28O4/c1-22-9-7-18-17-5-4-16(26-2)11-14(17)3-6-20(18)23(22,25)10-8-19(22)15-12-21(24)27-13-15/h4-5,11-12,18-20,25H,3,6-10,13H2,1-2H3/t18-,19+,20-,22-,23+/m1/s1. The largest absolute Gasteiger partial charge is 0.497 e. The van der Waals surface area contributed by atoms with Gasteiger partial charge in [0.1, 0.15) is 12.4 Å². The molecule has 4 aliphatic rings. The summed E-state index contributed by atoms with van der Waals surface area (Å²) in [6.45, 7) is 2.67. The van der Waals surface area contributed by atoms with Crippen molar-refractivity contribution in [2.45, 2.75) is 57.0 Å². The molecule has 2 saturated carbocycles. The molecule has 0 bridgehead atoms. The van der Waals surface area contributed by atoms with E-state index < -0.39 is 5.60 Å². The molecule has 1 aromatic rings. The summed E-state index contributed by atoms with van der Waals surface area (Å²) in [5.74, 6) is 1.67. The number of carbonyl (C=O) groups excluding carboxylic acids is 1. The Hall–Kier alpha value is -1.81. The molecule has 5 atom stereocenters. The minimum Gasteiger partial charge on any atom is -0.497 e. The number of benzene rings is 1. The molecular formula is C23H28O4. The van der Waals surface area contributed by atoms with E-state index in [9.17, 15) is 9.90 Å². The van der Waals surface area contributed by atoms with Gasteiger partial charge in [0.15, 0.2) is 0 Å². The van der Waals surface area contributed by atoms with Crippen molar-refractivity contribution in [2.24, 2.45) is 17.3 Å². The third kappa shape index (κ3) is 2.29. The van der Waals surface area contributed by atoms with Crippen LogP contribution in [0.25, 0.3) is 0 Å². The van der Waals surface area contributed by atoms with Gasteiger partial charge in [-0.05, 0) is 85.1 Å². The minimum atomic E-state index is -0.662. The number of cyclic esters (lactones) is 1. The second kappa shape index (κ2) is 5.84. The molecule has 0 aromatic heterocycles. The van der Waals surface area contributed by atoms with E-state index in [2.05, 4.69) is 25.1 Å². The number of ether oxygens (including phenoxy) is 2. The van der Waals surface area contributed by atoms with Crippen molar-refractivity contribution in [3.05, 3.63) is 41.0 Å². The number of esters is 1. The molecule has 4 nitrogen and oxygen atoms in total. The first-order valence-corrected chi connectivity index (χ1v) is 10.2. The fourth-order valence-corrected chi connectivity index (χ4v) is 6.85. The molecular weight excluding hydrogens is 340 g/mol. The van der Waals surface area contributed by atoms with E-state index in [1.165, 1.54) is 11.1 Å². The van der Waals surface area contributed by atoms with E-state index in [1.807, 2.05) is 0 Å². The number of aliphatic hydroxyl groups is 1. The van der Waals surface area contributed by atoms with Crippen LogP contribution in [0, 0.1) is 17.3 Å². The van der Waals surface area contributed by atoms with Gasteiger partial charge in [-0.2, -0.15) is 0 Å². The summed E-state index contributed by atoms with van der Waals surface area (Å²) in [6.07, 6.45) is 7.57. The Morgan fingerprint density at radius 2 is 2.07 bits per heavy atom. The number of methoxy groups -OCH3 is 1. The molecule has 3 aliphatic carbocycles. The SMILES string of the molecule is COc1ccc2c(c1)CC[C@@H]1[C@@H]2CC[C@]2(C)[C@H](C3=CC(=O)OC3)CC[C@]12O. The lowest BCUT2D eigenvalue weighted by atomic mass is 9.51. The molecule has 5 rings (SSSR count). The summed E-state index contributed by atoms with van der Waals surface area (Å²) in [4.78, 5) is 11.6. The van der Waals surface area contributed by atoms with E-state index in [1.54, 1.807) is 13.2 Å². The van der Waals surface area contributed by atoms with Crippen LogP contribution in [0.5, 0.6) is 5.75 Å². The van der Waals surface area contributed by atoms with Gasteiger partial charge in [-0.3, -0.25) is 0 Å². The Kier molecular flexibility index (Phi) is 3.74. The summed E-state index contributed by atoms with van der Waals surface area (Å²) in [5.41, 5.74) is 3.06. The number of hydrogen-bond donors (Lipinski definition) is 1. The minimum absolute atomic E-state index is 0.169. The zero-order valence-corrected chi connectivity index (χ0v) is 16.2. The van der Waals surface area contributed by atoms with Crippen LogP contribution in [0.1, 0.15) is 56.1 Å². The number of rotatable bonds is 2. The summed E-state index contributed by atoms with van der Waals surface area (Å²) in [7, 11) is 1.72. The Morgan fingerprint density at radius 1 is 1.22 bits per heavy atom. The third-order valence-corrected chi connectivity index (χ3v) is 8.25. The highest BCUT2D eigenvalue weighted by atomic mass is 16.5. The van der Waals surface area contributed by atoms with Crippen molar-refractivity contribution in [3.63, 3.8) is 0 Å². The summed E-state index contributed by atoms with van der Waals surface area (Å²) in [6, 6.07) is 6.45. The van der Waals surface area contributed by atoms with Crippen molar-refractivity contribution < 1.29 is 19.4 Å². The van der Waals surface area contributed by atoms with Gasteiger partial charge in [0, 0.05) is 11.5 Å². The van der Waals surface area contributed by atoms with Crippen LogP contribution in [-0.2, 0) is 16.0 Å². The highest BCUT2D eigenvalue weighted by molar-refractivity contribution is 5.85. The highest BCUT2D eigenvalue weighted by Crippen LogP contribution is 2.66. The number of aryl methyl sites for hydroxylation is 1. The molecule has 144 valence electrons. The van der Waals surface area contributed by atoms with Crippen LogP contribution >= 0.6 is 0 Å². The van der Waals surface area contributed by atoms with Crippen LogP contribution in [0.2, 0.25) is 0 Å². The van der Waals surface area contributed by atoms with Crippen molar-refractivity contribution in [1.29, 1.82) is 0 Å². The van der Waals surface area contributed by atoms with Crippen molar-refractivity contribution >= 4 is 5.97 Å². The molecule has 27 heavy (non-hydrogen) atoms. The van der Waals surface area contributed by atoms with E-state index >= 15 is 0 Å². The lowest BCUT2D eigenvalue weighted by Crippen LogP contribution is -2.56. The van der Waals surface area contributed by atoms with Crippen molar-refractivity contribution in [2.75, 3.05) is 13.7 Å². The molecule has 4 heteroatoms. The maximum absolute atomic E-state index is 12.0. The summed E-state index contributed by atoms with van der Waals surface area (Å²) in [5, 5.41) is 12.0. The second-order valence-electron chi connectivity index (χ2n) is 9.12. The number of hydrogen-bond acceptors (Lipinski definition) is 4. The first-order valence-electron chi connectivity index (χ1n) is 10.2. The van der Waals surface area contributed by atoms with Crippen molar-refractivity contribution in [1.82, 2.24) is 0 Å². The monoisotopic (exact) mass is 368 g/mol. The van der Waals surface area contributed by atoms with Gasteiger partial charge in [-0.15, -0.1) is 0 Å². The molecule has 0 unspecified atom stereocenters. The van der Waals surface area contributed by atoms with Gasteiger partial charge in [0.25, 0.3) is 0 Å². The van der Waals surface area contributed by atoms with Crippen LogP contribution in [-0.4, -0.2) is 30.4 Å². The molecule has 0 spiro atoms. The molecule has 1 aromatic carbocycles. The predicted molar refractivity (Wildman–Crippen MR) is 102 cm³/mol. The zero-order valence-electron chi connectivity index (χ0n) is 16.2. The van der Waals surface area contributed by atoms with Gasteiger partial charge in [-0.25, -0.2) is 4.79 Å². The van der Waals surface area contributed by atoms with Gasteiger partial charge in [0.2, 0.25) is 0 Å². The Morgan fingerprint density at radius 3 is 2.81 bits per heavy atom. The van der Waals surface area contributed by atoms with E-state index in [0.29, 0.717) is 18.4 Å². The lowest BCUT2D eigenvalue weighted by Gasteiger charge is -2.56. The average molecular weight is 368 g/mol. The van der Waals surface area contributed by atoms with Crippen molar-refractivity contribution in [3.8, 4) is 5.75 Å². The Labute approximate surface area is 160 Å². The Balaban J connectivity index is 1.50.